The number of carboxylic acids is 1. The lowest BCUT2D eigenvalue weighted by molar-refractivity contribution is -0.138. The molecule has 1 aromatic rings. The molecule has 0 bridgehead atoms. The van der Waals surface area contributed by atoms with Crippen molar-refractivity contribution >= 4 is 5.97 Å². The number of hydrogen-bond acceptors (Lipinski definition) is 3. The first-order chi connectivity index (χ1) is 5.59. The Morgan fingerprint density at radius 1 is 1.92 bits per heavy atom. The second kappa shape index (κ2) is 3.36. The van der Waals surface area contributed by atoms with Crippen molar-refractivity contribution in [2.45, 2.75) is 12.5 Å². The van der Waals surface area contributed by atoms with Crippen molar-refractivity contribution in [2.24, 2.45) is 12.8 Å². The largest absolute Gasteiger partial charge is 0.480 e. The van der Waals surface area contributed by atoms with Gasteiger partial charge < -0.3 is 10.8 Å². The molecule has 0 fully saturated rings. The predicted molar refractivity (Wildman–Crippen MR) is 42.5 cm³/mol. The molecule has 0 amide bonds. The van der Waals surface area contributed by atoms with Crippen molar-refractivity contribution in [1.29, 1.82) is 0 Å². The summed E-state index contributed by atoms with van der Waals surface area (Å²) in [5.74, 6) is -0.999. The van der Waals surface area contributed by atoms with E-state index >= 15 is 0 Å². The molecule has 0 aliphatic rings. The molecule has 3 N–H and O–H groups in total. The summed E-state index contributed by atoms with van der Waals surface area (Å²) in [6, 6.07) is 0.892. The smallest absolute Gasteiger partial charge is 0.320 e. The summed E-state index contributed by atoms with van der Waals surface area (Å²) in [5.41, 5.74) is 6.01. The van der Waals surface area contributed by atoms with Crippen LogP contribution in [0.3, 0.4) is 0 Å². The van der Waals surface area contributed by atoms with Crippen LogP contribution >= 0.6 is 0 Å². The lowest BCUT2D eigenvalue weighted by Gasteiger charge is -2.01. The van der Waals surface area contributed by atoms with Gasteiger partial charge in [0.1, 0.15) is 6.04 Å². The van der Waals surface area contributed by atoms with Gasteiger partial charge in [-0.2, -0.15) is 5.10 Å². The Hall–Kier alpha value is -1.36. The average molecular weight is 169 g/mol. The van der Waals surface area contributed by atoms with E-state index in [-0.39, 0.29) is 6.42 Å². The highest BCUT2D eigenvalue weighted by Crippen LogP contribution is 1.97. The molecule has 0 radical (unpaired) electrons. The van der Waals surface area contributed by atoms with Gasteiger partial charge in [-0.1, -0.05) is 0 Å². The number of aryl methyl sites for hydroxylation is 1. The third kappa shape index (κ3) is 2.06. The van der Waals surface area contributed by atoms with Gasteiger partial charge >= 0.3 is 5.97 Å². The highest BCUT2D eigenvalue weighted by atomic mass is 16.4. The zero-order chi connectivity index (χ0) is 9.14. The van der Waals surface area contributed by atoms with Gasteiger partial charge in [0, 0.05) is 19.7 Å². The second-order valence-corrected chi connectivity index (χ2v) is 2.63. The van der Waals surface area contributed by atoms with Gasteiger partial charge in [-0.05, 0) is 6.07 Å². The highest BCUT2D eigenvalue weighted by Gasteiger charge is 2.12. The molecule has 0 aliphatic heterocycles. The van der Waals surface area contributed by atoms with Crippen LogP contribution in [0.15, 0.2) is 12.3 Å². The van der Waals surface area contributed by atoms with E-state index < -0.39 is 12.0 Å². The highest BCUT2D eigenvalue weighted by molar-refractivity contribution is 5.73. The quantitative estimate of drug-likeness (QED) is 0.631. The van der Waals surface area contributed by atoms with Crippen molar-refractivity contribution < 1.29 is 9.90 Å². The fraction of sp³-hybridized carbons (Fsp3) is 0.429. The van der Waals surface area contributed by atoms with Gasteiger partial charge in [0.15, 0.2) is 0 Å². The Bertz CT molecular complexity index is 282. The van der Waals surface area contributed by atoms with E-state index in [0.29, 0.717) is 5.69 Å². The summed E-state index contributed by atoms with van der Waals surface area (Å²) >= 11 is 0. The summed E-state index contributed by atoms with van der Waals surface area (Å²) in [6.45, 7) is 0. The maximum absolute atomic E-state index is 10.4. The number of hydrogen-bond donors (Lipinski definition) is 2. The van der Waals surface area contributed by atoms with E-state index in [9.17, 15) is 4.79 Å². The zero-order valence-corrected chi connectivity index (χ0v) is 6.77. The van der Waals surface area contributed by atoms with E-state index in [1.54, 1.807) is 24.0 Å². The molecule has 0 spiro atoms. The fourth-order valence-corrected chi connectivity index (χ4v) is 0.885. The summed E-state index contributed by atoms with van der Waals surface area (Å²) in [6.07, 6.45) is 2.03. The van der Waals surface area contributed by atoms with Crippen LogP contribution in [0.1, 0.15) is 5.69 Å². The molecular weight excluding hydrogens is 158 g/mol. The average Bonchev–Trinajstić information content (AvgIpc) is 2.35. The number of nitrogens with zero attached hydrogens (tertiary/aromatic N) is 2. The molecule has 1 atom stereocenters. The van der Waals surface area contributed by atoms with Crippen LogP contribution < -0.4 is 5.73 Å². The van der Waals surface area contributed by atoms with Crippen LogP contribution in [0.5, 0.6) is 0 Å². The monoisotopic (exact) mass is 169 g/mol. The number of aliphatic carboxylic acids is 1. The van der Waals surface area contributed by atoms with Crippen LogP contribution in [-0.2, 0) is 18.3 Å². The van der Waals surface area contributed by atoms with Crippen molar-refractivity contribution in [3.05, 3.63) is 18.0 Å². The maximum Gasteiger partial charge on any atom is 0.320 e. The van der Waals surface area contributed by atoms with Gasteiger partial charge in [0.05, 0.1) is 5.69 Å². The van der Waals surface area contributed by atoms with Gasteiger partial charge in [-0.25, -0.2) is 0 Å². The topological polar surface area (TPSA) is 81.1 Å². The van der Waals surface area contributed by atoms with Gasteiger partial charge in [0.25, 0.3) is 0 Å². The minimum Gasteiger partial charge on any atom is -0.480 e. The van der Waals surface area contributed by atoms with E-state index in [2.05, 4.69) is 5.10 Å². The van der Waals surface area contributed by atoms with Gasteiger partial charge in [-0.15, -0.1) is 0 Å². The summed E-state index contributed by atoms with van der Waals surface area (Å²) in [5, 5.41) is 12.5. The third-order valence-electron chi connectivity index (χ3n) is 1.52. The first-order valence-corrected chi connectivity index (χ1v) is 3.56. The number of carboxylic acid groups (broad SMARTS) is 1. The van der Waals surface area contributed by atoms with Crippen LogP contribution in [0, 0.1) is 0 Å². The predicted octanol–water partition coefficient (Wildman–Crippen LogP) is -0.626. The van der Waals surface area contributed by atoms with Crippen LogP contribution in [-0.4, -0.2) is 26.9 Å². The van der Waals surface area contributed by atoms with Crippen LogP contribution in [0.2, 0.25) is 0 Å². The lowest BCUT2D eigenvalue weighted by atomic mass is 10.2. The number of rotatable bonds is 3. The summed E-state index contributed by atoms with van der Waals surface area (Å²) in [4.78, 5) is 10.4. The second-order valence-electron chi connectivity index (χ2n) is 2.63. The molecule has 1 rings (SSSR count). The normalized spacial score (nSPS) is 12.8. The van der Waals surface area contributed by atoms with Crippen molar-refractivity contribution in [3.63, 3.8) is 0 Å². The Morgan fingerprint density at radius 3 is 3.00 bits per heavy atom. The maximum atomic E-state index is 10.4. The Morgan fingerprint density at radius 2 is 2.58 bits per heavy atom. The minimum atomic E-state index is -0.999. The molecule has 1 aromatic heterocycles. The van der Waals surface area contributed by atoms with Gasteiger partial charge in [0.2, 0.25) is 0 Å². The molecule has 5 nitrogen and oxygen atoms in total. The van der Waals surface area contributed by atoms with E-state index in [1.807, 2.05) is 0 Å². The molecule has 1 unspecified atom stereocenters. The number of nitrogens with two attached hydrogens (primary N) is 1. The summed E-state index contributed by atoms with van der Waals surface area (Å²) in [7, 11) is 1.77. The van der Waals surface area contributed by atoms with Crippen molar-refractivity contribution in [3.8, 4) is 0 Å². The molecule has 66 valence electrons. The Labute approximate surface area is 69.8 Å². The molecule has 0 aromatic carbocycles. The number of carbonyl (C=O) groups is 1. The Balaban J connectivity index is 2.58. The minimum absolute atomic E-state index is 0.274. The SMILES string of the molecule is Cn1ccc(CC(N)C(=O)O)n1. The first kappa shape index (κ1) is 8.73. The van der Waals surface area contributed by atoms with Crippen molar-refractivity contribution in [2.75, 3.05) is 0 Å². The number of aromatic nitrogens is 2. The zero-order valence-electron chi connectivity index (χ0n) is 6.77. The molecule has 0 saturated heterocycles. The first-order valence-electron chi connectivity index (χ1n) is 3.56. The molecule has 5 heteroatoms. The third-order valence-corrected chi connectivity index (χ3v) is 1.52. The molecule has 0 aliphatic carbocycles. The van der Waals surface area contributed by atoms with E-state index in [4.69, 9.17) is 10.8 Å². The molecular formula is C7H11N3O2. The van der Waals surface area contributed by atoms with Crippen LogP contribution in [0.25, 0.3) is 0 Å². The molecule has 1 heterocycles. The Kier molecular flexibility index (Phi) is 2.44. The van der Waals surface area contributed by atoms with E-state index in [1.165, 1.54) is 0 Å². The molecule has 12 heavy (non-hydrogen) atoms. The standard InChI is InChI=1S/C7H11N3O2/c1-10-3-2-5(9-10)4-6(8)7(11)12/h2-3,6H,4,8H2,1H3,(H,11,12). The fourth-order valence-electron chi connectivity index (χ4n) is 0.885. The van der Waals surface area contributed by atoms with E-state index in [0.717, 1.165) is 0 Å². The van der Waals surface area contributed by atoms with Crippen molar-refractivity contribution in [1.82, 2.24) is 9.78 Å². The summed E-state index contributed by atoms with van der Waals surface area (Å²) < 4.78 is 1.61. The van der Waals surface area contributed by atoms with Gasteiger partial charge in [-0.3, -0.25) is 9.48 Å². The lowest BCUT2D eigenvalue weighted by Crippen LogP contribution is -2.32. The van der Waals surface area contributed by atoms with Crippen LogP contribution in [0.4, 0.5) is 0 Å². The molecule has 0 saturated carbocycles.